The highest BCUT2D eigenvalue weighted by atomic mass is 127. The molecule has 1 aromatic carbocycles. The third-order valence-electron chi connectivity index (χ3n) is 5.86. The molecule has 0 atom stereocenters. The summed E-state index contributed by atoms with van der Waals surface area (Å²) in [4.78, 5) is 9.51. The molecule has 0 unspecified atom stereocenters. The molecule has 0 spiro atoms. The molecule has 7 heteroatoms. The molecule has 176 valence electrons. The Bertz CT molecular complexity index is 629. The van der Waals surface area contributed by atoms with Gasteiger partial charge in [0.15, 0.2) is 5.96 Å². The Hall–Kier alpha value is -1.06. The van der Waals surface area contributed by atoms with E-state index in [1.165, 1.54) is 43.6 Å². The van der Waals surface area contributed by atoms with Gasteiger partial charge >= 0.3 is 0 Å². The lowest BCUT2D eigenvalue weighted by atomic mass is 10.1. The molecule has 0 bridgehead atoms. The number of piperidine rings is 1. The van der Waals surface area contributed by atoms with Gasteiger partial charge in [0.25, 0.3) is 0 Å². The summed E-state index contributed by atoms with van der Waals surface area (Å²) >= 11 is 0. The summed E-state index contributed by atoms with van der Waals surface area (Å²) in [6.07, 6.45) is 7.35. The minimum Gasteiger partial charge on any atom is -0.381 e. The largest absolute Gasteiger partial charge is 0.381 e. The maximum absolute atomic E-state index is 5.95. The first-order valence-corrected chi connectivity index (χ1v) is 11.8. The number of anilines is 1. The van der Waals surface area contributed by atoms with Crippen molar-refractivity contribution in [2.24, 2.45) is 4.99 Å². The molecule has 2 saturated heterocycles. The van der Waals surface area contributed by atoms with Crippen LogP contribution in [0.3, 0.4) is 0 Å². The van der Waals surface area contributed by atoms with Crippen LogP contribution in [0, 0.1) is 0 Å². The van der Waals surface area contributed by atoms with Crippen LogP contribution >= 0.6 is 24.0 Å². The van der Waals surface area contributed by atoms with Crippen LogP contribution in [0.5, 0.6) is 0 Å². The van der Waals surface area contributed by atoms with E-state index in [0.29, 0.717) is 6.10 Å². The van der Waals surface area contributed by atoms with Crippen LogP contribution in [-0.2, 0) is 16.0 Å². The molecule has 0 aromatic heterocycles. The van der Waals surface area contributed by atoms with E-state index in [1.54, 1.807) is 0 Å². The topological polar surface area (TPSA) is 49.3 Å². The van der Waals surface area contributed by atoms with Crippen LogP contribution in [0.25, 0.3) is 0 Å². The van der Waals surface area contributed by atoms with Crippen LogP contribution in [0.1, 0.15) is 51.0 Å². The van der Waals surface area contributed by atoms with Crippen molar-refractivity contribution in [1.82, 2.24) is 10.2 Å². The zero-order chi connectivity index (χ0) is 21.0. The first-order valence-electron chi connectivity index (χ1n) is 11.8. The lowest BCUT2D eigenvalue weighted by Gasteiger charge is -2.29. The van der Waals surface area contributed by atoms with Crippen molar-refractivity contribution < 1.29 is 9.47 Å². The van der Waals surface area contributed by atoms with E-state index in [-0.39, 0.29) is 24.0 Å². The average Bonchev–Trinajstić information content (AvgIpc) is 2.80. The van der Waals surface area contributed by atoms with E-state index in [2.05, 4.69) is 53.4 Å². The predicted molar refractivity (Wildman–Crippen MR) is 140 cm³/mol. The number of ether oxygens (including phenoxy) is 2. The van der Waals surface area contributed by atoms with Gasteiger partial charge in [-0.1, -0.05) is 12.1 Å². The molecule has 2 aliphatic rings. The highest BCUT2D eigenvalue weighted by Crippen LogP contribution is 2.20. The van der Waals surface area contributed by atoms with Crippen LogP contribution in [-0.4, -0.2) is 70.0 Å². The molecular formula is C24H41IN4O2. The number of aliphatic imine (C=N–C) groups is 1. The molecule has 0 radical (unpaired) electrons. The van der Waals surface area contributed by atoms with Gasteiger partial charge in [0.1, 0.15) is 0 Å². The van der Waals surface area contributed by atoms with Gasteiger partial charge in [-0.05, 0) is 63.1 Å². The van der Waals surface area contributed by atoms with E-state index < -0.39 is 0 Å². The quantitative estimate of drug-likeness (QED) is 0.218. The zero-order valence-corrected chi connectivity index (χ0v) is 21.7. The molecular weight excluding hydrogens is 503 g/mol. The monoisotopic (exact) mass is 544 g/mol. The summed E-state index contributed by atoms with van der Waals surface area (Å²) in [6.45, 7) is 9.43. The van der Waals surface area contributed by atoms with Crippen molar-refractivity contribution in [3.8, 4) is 0 Å². The van der Waals surface area contributed by atoms with E-state index in [1.807, 2.05) is 0 Å². The molecule has 0 amide bonds. The summed E-state index contributed by atoms with van der Waals surface area (Å²) in [5, 5.41) is 3.42. The molecule has 1 aromatic rings. The number of halogens is 1. The number of hydrogen-bond acceptors (Lipinski definition) is 4. The first kappa shape index (κ1) is 26.2. The fourth-order valence-corrected chi connectivity index (χ4v) is 4.12. The number of benzene rings is 1. The van der Waals surface area contributed by atoms with Gasteiger partial charge < -0.3 is 24.6 Å². The lowest BCUT2D eigenvalue weighted by molar-refractivity contribution is -0.0318. The van der Waals surface area contributed by atoms with Gasteiger partial charge in [-0.2, -0.15) is 0 Å². The molecule has 31 heavy (non-hydrogen) atoms. The third kappa shape index (κ3) is 9.14. The van der Waals surface area contributed by atoms with Crippen LogP contribution in [0.15, 0.2) is 29.3 Å². The third-order valence-corrected chi connectivity index (χ3v) is 5.86. The van der Waals surface area contributed by atoms with Crippen molar-refractivity contribution in [1.29, 1.82) is 0 Å². The number of nitrogens with zero attached hydrogens (tertiary/aromatic N) is 3. The average molecular weight is 545 g/mol. The SMILES string of the molecule is CCNC(=NCCCOC1CCOCC1)N(C)Cc1ccc(N2CCCCC2)cc1.I. The lowest BCUT2D eigenvalue weighted by Crippen LogP contribution is -2.38. The Morgan fingerprint density at radius 2 is 1.87 bits per heavy atom. The highest BCUT2D eigenvalue weighted by molar-refractivity contribution is 14.0. The Morgan fingerprint density at radius 3 is 2.55 bits per heavy atom. The second-order valence-corrected chi connectivity index (χ2v) is 8.34. The smallest absolute Gasteiger partial charge is 0.193 e. The van der Waals surface area contributed by atoms with Crippen LogP contribution in [0.4, 0.5) is 5.69 Å². The van der Waals surface area contributed by atoms with Gasteiger partial charge in [0.2, 0.25) is 0 Å². The van der Waals surface area contributed by atoms with Crippen LogP contribution in [0.2, 0.25) is 0 Å². The molecule has 6 nitrogen and oxygen atoms in total. The highest BCUT2D eigenvalue weighted by Gasteiger charge is 2.14. The van der Waals surface area contributed by atoms with Crippen molar-refractivity contribution in [2.45, 2.75) is 58.1 Å². The van der Waals surface area contributed by atoms with Gasteiger partial charge in [-0.3, -0.25) is 4.99 Å². The second-order valence-electron chi connectivity index (χ2n) is 8.34. The Labute approximate surface area is 205 Å². The summed E-state index contributed by atoms with van der Waals surface area (Å²) in [5.41, 5.74) is 2.66. The Balaban J connectivity index is 0.00000341. The fourth-order valence-electron chi connectivity index (χ4n) is 4.12. The molecule has 0 saturated carbocycles. The van der Waals surface area contributed by atoms with Crippen molar-refractivity contribution in [3.05, 3.63) is 29.8 Å². The fraction of sp³-hybridized carbons (Fsp3) is 0.708. The Kier molecular flexibility index (Phi) is 12.6. The van der Waals surface area contributed by atoms with E-state index >= 15 is 0 Å². The minimum absolute atomic E-state index is 0. The number of rotatable bonds is 9. The van der Waals surface area contributed by atoms with Crippen LogP contribution < -0.4 is 10.2 Å². The Morgan fingerprint density at radius 1 is 1.16 bits per heavy atom. The zero-order valence-electron chi connectivity index (χ0n) is 19.4. The van der Waals surface area contributed by atoms with Crippen molar-refractivity contribution >= 4 is 35.6 Å². The summed E-state index contributed by atoms with van der Waals surface area (Å²) < 4.78 is 11.3. The van der Waals surface area contributed by atoms with Gasteiger partial charge in [-0.15, -0.1) is 24.0 Å². The summed E-state index contributed by atoms with van der Waals surface area (Å²) in [7, 11) is 2.11. The molecule has 2 fully saturated rings. The maximum Gasteiger partial charge on any atom is 0.193 e. The number of nitrogens with one attached hydrogen (secondary N) is 1. The molecule has 2 heterocycles. The first-order chi connectivity index (χ1) is 14.8. The van der Waals surface area contributed by atoms with Gasteiger partial charge in [-0.25, -0.2) is 0 Å². The summed E-state index contributed by atoms with van der Waals surface area (Å²) in [5.74, 6) is 0.962. The van der Waals surface area contributed by atoms with Crippen molar-refractivity contribution in [2.75, 3.05) is 57.9 Å². The van der Waals surface area contributed by atoms with Crippen molar-refractivity contribution in [3.63, 3.8) is 0 Å². The number of guanidine groups is 1. The summed E-state index contributed by atoms with van der Waals surface area (Å²) in [6, 6.07) is 9.05. The standard InChI is InChI=1S/C24H40N4O2.HI/c1-3-25-24(26-14-7-17-30-23-12-18-29-19-13-23)27(2)20-21-8-10-22(11-9-21)28-15-5-4-6-16-28;/h8-11,23H,3-7,12-20H2,1-2H3,(H,25,26);1H. The molecule has 1 N–H and O–H groups in total. The van der Waals surface area contributed by atoms with Gasteiger partial charge in [0.05, 0.1) is 6.10 Å². The molecule has 3 rings (SSSR count). The molecule has 0 aliphatic carbocycles. The number of hydrogen-bond donors (Lipinski definition) is 1. The molecule has 2 aliphatic heterocycles. The van der Waals surface area contributed by atoms with E-state index in [4.69, 9.17) is 14.5 Å². The second kappa shape index (κ2) is 14.9. The van der Waals surface area contributed by atoms with E-state index in [0.717, 1.165) is 64.7 Å². The van der Waals surface area contributed by atoms with Gasteiger partial charge in [0, 0.05) is 65.3 Å². The predicted octanol–water partition coefficient (Wildman–Crippen LogP) is 4.28. The normalized spacial score (nSPS) is 17.9. The van der Waals surface area contributed by atoms with E-state index in [9.17, 15) is 0 Å². The minimum atomic E-state index is 0. The maximum atomic E-state index is 5.95.